The van der Waals surface area contributed by atoms with E-state index in [4.69, 9.17) is 0 Å². The van der Waals surface area contributed by atoms with Gasteiger partial charge >= 0.3 is 11.8 Å². The lowest BCUT2D eigenvalue weighted by Gasteiger charge is -2.20. The number of carbonyl (C=O) groups excluding carboxylic acids is 2. The van der Waals surface area contributed by atoms with Crippen molar-refractivity contribution in [1.82, 2.24) is 5.32 Å². The Hall–Kier alpha value is -1.88. The van der Waals surface area contributed by atoms with E-state index < -0.39 is 11.8 Å². The van der Waals surface area contributed by atoms with Gasteiger partial charge < -0.3 is 10.2 Å². The van der Waals surface area contributed by atoms with Crippen LogP contribution >= 0.6 is 15.9 Å². The number of amides is 2. The van der Waals surface area contributed by atoms with Gasteiger partial charge in [-0.15, -0.1) is 6.58 Å². The third kappa shape index (κ3) is 4.71. The fourth-order valence-electron chi connectivity index (χ4n) is 1.42. The molecule has 0 spiro atoms. The summed E-state index contributed by atoms with van der Waals surface area (Å²) in [5, 5.41) is 2.48. The van der Waals surface area contributed by atoms with Gasteiger partial charge in [-0.25, -0.2) is 0 Å². The van der Waals surface area contributed by atoms with Crippen LogP contribution < -0.4 is 10.2 Å². The molecular formula is C14H15BrN2O2. The largest absolute Gasteiger partial charge is 0.343 e. The summed E-state index contributed by atoms with van der Waals surface area (Å²) in [6.45, 7) is 7.66. The van der Waals surface area contributed by atoms with Gasteiger partial charge in [0.05, 0.1) is 0 Å². The van der Waals surface area contributed by atoms with E-state index in [1.165, 1.54) is 4.90 Å². The molecule has 0 aliphatic heterocycles. The van der Waals surface area contributed by atoms with E-state index in [1.54, 1.807) is 30.3 Å². The summed E-state index contributed by atoms with van der Waals surface area (Å²) < 4.78 is 0.601. The zero-order valence-corrected chi connectivity index (χ0v) is 12.0. The van der Waals surface area contributed by atoms with Crippen molar-refractivity contribution in [2.75, 3.05) is 18.0 Å². The average Bonchev–Trinajstić information content (AvgIpc) is 2.42. The van der Waals surface area contributed by atoms with Crippen LogP contribution in [0.15, 0.2) is 54.0 Å². The standard InChI is InChI=1S/C14H15BrN2O2/c1-3-9-17(12-7-5-4-6-8-12)14(19)13(18)16-10-11(2)15/h3-8H,1-2,9-10H2,(H,16,18). The summed E-state index contributed by atoms with van der Waals surface area (Å²) >= 11 is 3.11. The Bertz CT molecular complexity index is 485. The number of para-hydroxylation sites is 1. The Balaban J connectivity index is 2.82. The maximum atomic E-state index is 12.1. The number of rotatable bonds is 5. The zero-order chi connectivity index (χ0) is 14.3. The van der Waals surface area contributed by atoms with Crippen LogP contribution in [0.2, 0.25) is 0 Å². The molecule has 0 bridgehead atoms. The van der Waals surface area contributed by atoms with E-state index in [9.17, 15) is 9.59 Å². The van der Waals surface area contributed by atoms with Crippen molar-refractivity contribution in [1.29, 1.82) is 0 Å². The molecule has 4 nitrogen and oxygen atoms in total. The summed E-state index contributed by atoms with van der Waals surface area (Å²) in [5.74, 6) is -1.30. The molecule has 2 amide bonds. The Morgan fingerprint density at radius 1 is 1.32 bits per heavy atom. The van der Waals surface area contributed by atoms with Crippen molar-refractivity contribution in [3.8, 4) is 0 Å². The molecule has 0 atom stereocenters. The van der Waals surface area contributed by atoms with Crippen LogP contribution in [0, 0.1) is 0 Å². The number of anilines is 1. The van der Waals surface area contributed by atoms with Crippen molar-refractivity contribution in [2.45, 2.75) is 0 Å². The molecule has 0 radical (unpaired) electrons. The first-order valence-corrected chi connectivity index (χ1v) is 6.44. The van der Waals surface area contributed by atoms with Gasteiger partial charge in [0.1, 0.15) is 0 Å². The van der Waals surface area contributed by atoms with Crippen molar-refractivity contribution in [3.05, 3.63) is 54.0 Å². The summed E-state index contributed by atoms with van der Waals surface area (Å²) in [6.07, 6.45) is 1.57. The predicted molar refractivity (Wildman–Crippen MR) is 80.1 cm³/mol. The first kappa shape index (κ1) is 15.2. The van der Waals surface area contributed by atoms with E-state index in [2.05, 4.69) is 34.4 Å². The second kappa shape index (κ2) is 7.53. The molecule has 1 aromatic rings. The highest BCUT2D eigenvalue weighted by atomic mass is 79.9. The Morgan fingerprint density at radius 3 is 2.47 bits per heavy atom. The normalized spacial score (nSPS) is 9.53. The van der Waals surface area contributed by atoms with Gasteiger partial charge in [0, 0.05) is 23.3 Å². The second-order valence-corrected chi connectivity index (χ2v) is 4.86. The first-order chi connectivity index (χ1) is 9.06. The highest BCUT2D eigenvalue weighted by Crippen LogP contribution is 2.13. The van der Waals surface area contributed by atoms with Crippen LogP contribution in [0.25, 0.3) is 0 Å². The molecule has 100 valence electrons. The molecule has 1 N–H and O–H groups in total. The van der Waals surface area contributed by atoms with Gasteiger partial charge in [-0.2, -0.15) is 0 Å². The van der Waals surface area contributed by atoms with Crippen LogP contribution in [0.3, 0.4) is 0 Å². The second-order valence-electron chi connectivity index (χ2n) is 3.74. The average molecular weight is 323 g/mol. The highest BCUT2D eigenvalue weighted by Gasteiger charge is 2.21. The van der Waals surface area contributed by atoms with Gasteiger partial charge in [0.25, 0.3) is 0 Å². The van der Waals surface area contributed by atoms with Gasteiger partial charge in [-0.3, -0.25) is 9.59 Å². The molecule has 0 saturated carbocycles. The fourth-order valence-corrected chi connectivity index (χ4v) is 1.56. The molecule has 1 aromatic carbocycles. The molecule has 0 unspecified atom stereocenters. The minimum Gasteiger partial charge on any atom is -0.343 e. The molecular weight excluding hydrogens is 308 g/mol. The molecule has 0 aromatic heterocycles. The van der Waals surface area contributed by atoms with Crippen molar-refractivity contribution < 1.29 is 9.59 Å². The van der Waals surface area contributed by atoms with Crippen LogP contribution in [0.4, 0.5) is 5.69 Å². The highest BCUT2D eigenvalue weighted by molar-refractivity contribution is 9.11. The number of nitrogens with zero attached hydrogens (tertiary/aromatic N) is 1. The smallest absolute Gasteiger partial charge is 0.316 e. The SMILES string of the molecule is C=CCN(C(=O)C(=O)NCC(=C)Br)c1ccccc1. The van der Waals surface area contributed by atoms with E-state index >= 15 is 0 Å². The van der Waals surface area contributed by atoms with E-state index in [0.29, 0.717) is 10.2 Å². The molecule has 5 heteroatoms. The Labute approximate surface area is 120 Å². The van der Waals surface area contributed by atoms with Gasteiger partial charge in [0.2, 0.25) is 0 Å². The minimum atomic E-state index is -0.675. The lowest BCUT2D eigenvalue weighted by atomic mass is 10.2. The van der Waals surface area contributed by atoms with E-state index in [0.717, 1.165) is 0 Å². The molecule has 19 heavy (non-hydrogen) atoms. The molecule has 0 saturated heterocycles. The lowest BCUT2D eigenvalue weighted by molar-refractivity contribution is -0.137. The number of hydrogen-bond donors (Lipinski definition) is 1. The van der Waals surface area contributed by atoms with Crippen LogP contribution in [0.5, 0.6) is 0 Å². The number of benzene rings is 1. The van der Waals surface area contributed by atoms with Crippen molar-refractivity contribution in [3.63, 3.8) is 0 Å². The van der Waals surface area contributed by atoms with Gasteiger partial charge in [-0.1, -0.05) is 46.8 Å². The summed E-state index contributed by atoms with van der Waals surface area (Å²) in [7, 11) is 0. The quantitative estimate of drug-likeness (QED) is 0.667. The Kier molecular flexibility index (Phi) is 6.02. The van der Waals surface area contributed by atoms with Crippen LogP contribution in [-0.2, 0) is 9.59 Å². The van der Waals surface area contributed by atoms with E-state index in [1.807, 2.05) is 6.07 Å². The van der Waals surface area contributed by atoms with Gasteiger partial charge in [-0.05, 0) is 12.1 Å². The maximum absolute atomic E-state index is 12.1. The van der Waals surface area contributed by atoms with Crippen LogP contribution in [-0.4, -0.2) is 24.9 Å². The molecule has 0 aliphatic carbocycles. The predicted octanol–water partition coefficient (Wildman–Crippen LogP) is 2.23. The number of hydrogen-bond acceptors (Lipinski definition) is 2. The monoisotopic (exact) mass is 322 g/mol. The number of nitrogens with one attached hydrogen (secondary N) is 1. The molecule has 0 aliphatic rings. The van der Waals surface area contributed by atoms with E-state index in [-0.39, 0.29) is 13.1 Å². The molecule has 0 fully saturated rings. The summed E-state index contributed by atoms with van der Waals surface area (Å²) in [4.78, 5) is 25.2. The number of halogens is 1. The molecule has 1 rings (SSSR count). The maximum Gasteiger partial charge on any atom is 0.316 e. The summed E-state index contributed by atoms with van der Waals surface area (Å²) in [5.41, 5.74) is 0.653. The van der Waals surface area contributed by atoms with Gasteiger partial charge in [0.15, 0.2) is 0 Å². The summed E-state index contributed by atoms with van der Waals surface area (Å²) in [6, 6.07) is 8.97. The molecule has 0 heterocycles. The number of carbonyl (C=O) groups is 2. The topological polar surface area (TPSA) is 49.4 Å². The fraction of sp³-hybridized carbons (Fsp3) is 0.143. The van der Waals surface area contributed by atoms with Crippen molar-refractivity contribution in [2.24, 2.45) is 0 Å². The Morgan fingerprint density at radius 2 is 1.95 bits per heavy atom. The first-order valence-electron chi connectivity index (χ1n) is 5.65. The third-order valence-electron chi connectivity index (χ3n) is 2.26. The minimum absolute atomic E-state index is 0.210. The van der Waals surface area contributed by atoms with Crippen LogP contribution in [0.1, 0.15) is 0 Å². The lowest BCUT2D eigenvalue weighted by Crippen LogP contribution is -2.43. The van der Waals surface area contributed by atoms with Crippen molar-refractivity contribution >= 4 is 33.4 Å². The third-order valence-corrected chi connectivity index (χ3v) is 2.54. The zero-order valence-electron chi connectivity index (χ0n) is 10.4.